The molecule has 0 saturated carbocycles. The van der Waals surface area contributed by atoms with Crippen LogP contribution in [0.4, 0.5) is 5.69 Å². The van der Waals surface area contributed by atoms with Gasteiger partial charge in [0.1, 0.15) is 0 Å². The smallest absolute Gasteiger partial charge is 0.0373 e. The average molecular weight is 233 g/mol. The van der Waals surface area contributed by atoms with Crippen molar-refractivity contribution in [2.24, 2.45) is 0 Å². The summed E-state index contributed by atoms with van der Waals surface area (Å²) in [4.78, 5) is 2.51. The van der Waals surface area contributed by atoms with Gasteiger partial charge in [-0.25, -0.2) is 0 Å². The molecule has 2 rings (SSSR count). The molecule has 1 saturated heterocycles. The minimum Gasteiger partial charge on any atom is -0.384 e. The lowest BCUT2D eigenvalue weighted by Gasteiger charge is -2.27. The van der Waals surface area contributed by atoms with Gasteiger partial charge in [-0.05, 0) is 18.1 Å². The van der Waals surface area contributed by atoms with Gasteiger partial charge in [-0.2, -0.15) is 0 Å². The number of aryl methyl sites for hydroxylation is 1. The minimum atomic E-state index is 1.04. The van der Waals surface area contributed by atoms with E-state index in [2.05, 4.69) is 46.7 Å². The minimum absolute atomic E-state index is 1.04. The maximum absolute atomic E-state index is 3.55. The average Bonchev–Trinajstić information content (AvgIpc) is 2.40. The number of nitrogens with zero attached hydrogens (tertiary/aromatic N) is 1. The van der Waals surface area contributed by atoms with Crippen molar-refractivity contribution in [3.05, 3.63) is 29.8 Å². The molecule has 1 heterocycles. The summed E-state index contributed by atoms with van der Waals surface area (Å²) < 4.78 is 0. The number of benzene rings is 1. The van der Waals surface area contributed by atoms with Crippen LogP contribution in [0.1, 0.15) is 12.5 Å². The molecule has 0 aliphatic carbocycles. The number of piperazine rings is 1. The molecule has 0 radical (unpaired) electrons. The van der Waals surface area contributed by atoms with Gasteiger partial charge in [-0.15, -0.1) is 0 Å². The van der Waals surface area contributed by atoms with Crippen LogP contribution in [0.15, 0.2) is 24.3 Å². The number of hydrogen-bond acceptors (Lipinski definition) is 3. The summed E-state index contributed by atoms with van der Waals surface area (Å²) >= 11 is 0. The Morgan fingerprint density at radius 1 is 1.24 bits per heavy atom. The van der Waals surface area contributed by atoms with E-state index >= 15 is 0 Å². The fourth-order valence-corrected chi connectivity index (χ4v) is 2.28. The third kappa shape index (κ3) is 3.72. The lowest BCUT2D eigenvalue weighted by Crippen LogP contribution is -2.45. The summed E-state index contributed by atoms with van der Waals surface area (Å²) in [6.07, 6.45) is 1.09. The molecule has 0 unspecified atom stereocenters. The molecule has 94 valence electrons. The Kier molecular flexibility index (Phi) is 4.83. The zero-order chi connectivity index (χ0) is 11.9. The Morgan fingerprint density at radius 3 is 2.76 bits per heavy atom. The Morgan fingerprint density at radius 2 is 2.00 bits per heavy atom. The molecule has 3 heteroatoms. The molecule has 1 fully saturated rings. The number of rotatable bonds is 5. The fourth-order valence-electron chi connectivity index (χ4n) is 2.28. The highest BCUT2D eigenvalue weighted by Crippen LogP contribution is 2.14. The molecular weight excluding hydrogens is 210 g/mol. The van der Waals surface area contributed by atoms with Crippen LogP contribution in [-0.4, -0.2) is 44.2 Å². The van der Waals surface area contributed by atoms with Crippen molar-refractivity contribution < 1.29 is 0 Å². The van der Waals surface area contributed by atoms with Crippen LogP contribution in [0, 0.1) is 0 Å². The maximum atomic E-state index is 3.55. The lowest BCUT2D eigenvalue weighted by molar-refractivity contribution is 0.249. The molecule has 2 N–H and O–H groups in total. The van der Waals surface area contributed by atoms with Crippen molar-refractivity contribution in [1.29, 1.82) is 0 Å². The highest BCUT2D eigenvalue weighted by atomic mass is 15.2. The van der Waals surface area contributed by atoms with Crippen LogP contribution < -0.4 is 10.6 Å². The first-order valence-electron chi connectivity index (χ1n) is 6.65. The molecule has 0 atom stereocenters. The van der Waals surface area contributed by atoms with E-state index in [0.717, 1.165) is 32.6 Å². The summed E-state index contributed by atoms with van der Waals surface area (Å²) in [7, 11) is 0. The second kappa shape index (κ2) is 6.62. The highest BCUT2D eigenvalue weighted by Gasteiger charge is 2.08. The van der Waals surface area contributed by atoms with Gasteiger partial charge in [0.05, 0.1) is 0 Å². The van der Waals surface area contributed by atoms with Gasteiger partial charge >= 0.3 is 0 Å². The Balaban J connectivity index is 1.77. The quantitative estimate of drug-likeness (QED) is 0.808. The van der Waals surface area contributed by atoms with Gasteiger partial charge in [0.25, 0.3) is 0 Å². The van der Waals surface area contributed by atoms with Crippen LogP contribution in [0.3, 0.4) is 0 Å². The molecule has 0 bridgehead atoms. The van der Waals surface area contributed by atoms with Crippen LogP contribution in [0.2, 0.25) is 0 Å². The highest BCUT2D eigenvalue weighted by molar-refractivity contribution is 5.50. The second-order valence-electron chi connectivity index (χ2n) is 4.53. The van der Waals surface area contributed by atoms with E-state index in [1.54, 1.807) is 0 Å². The van der Waals surface area contributed by atoms with Crippen molar-refractivity contribution in [1.82, 2.24) is 10.2 Å². The van der Waals surface area contributed by atoms with Crippen molar-refractivity contribution in [2.75, 3.05) is 44.6 Å². The fraction of sp³-hybridized carbons (Fsp3) is 0.571. The molecule has 3 nitrogen and oxygen atoms in total. The summed E-state index contributed by atoms with van der Waals surface area (Å²) in [6, 6.07) is 8.59. The standard InChI is InChI=1S/C14H23N3/c1-2-13-5-3-4-6-14(13)16-9-12-17-10-7-15-8-11-17/h3-6,15-16H,2,7-12H2,1H3. The van der Waals surface area contributed by atoms with Gasteiger partial charge in [0.15, 0.2) is 0 Å². The Labute approximate surface area is 104 Å². The Hall–Kier alpha value is -1.06. The van der Waals surface area contributed by atoms with Crippen LogP contribution in [0.25, 0.3) is 0 Å². The summed E-state index contributed by atoms with van der Waals surface area (Å²) in [5.41, 5.74) is 2.71. The van der Waals surface area contributed by atoms with Gasteiger partial charge in [-0.1, -0.05) is 25.1 Å². The second-order valence-corrected chi connectivity index (χ2v) is 4.53. The van der Waals surface area contributed by atoms with E-state index < -0.39 is 0 Å². The van der Waals surface area contributed by atoms with E-state index in [1.807, 2.05) is 0 Å². The molecule has 0 aromatic heterocycles. The lowest BCUT2D eigenvalue weighted by atomic mass is 10.1. The van der Waals surface area contributed by atoms with Crippen molar-refractivity contribution in [3.63, 3.8) is 0 Å². The molecule has 1 aromatic carbocycles. The molecular formula is C14H23N3. The molecule has 0 spiro atoms. The first kappa shape index (κ1) is 12.4. The molecule has 1 aliphatic heterocycles. The topological polar surface area (TPSA) is 27.3 Å². The molecule has 1 aromatic rings. The van der Waals surface area contributed by atoms with E-state index in [0.29, 0.717) is 0 Å². The van der Waals surface area contributed by atoms with Crippen molar-refractivity contribution in [3.8, 4) is 0 Å². The monoisotopic (exact) mass is 233 g/mol. The molecule has 0 amide bonds. The number of hydrogen-bond donors (Lipinski definition) is 2. The van der Waals surface area contributed by atoms with Crippen molar-refractivity contribution >= 4 is 5.69 Å². The number of para-hydroxylation sites is 1. The SMILES string of the molecule is CCc1ccccc1NCCN1CCNCC1. The van der Waals surface area contributed by atoms with Crippen LogP contribution in [0.5, 0.6) is 0 Å². The number of anilines is 1. The molecule has 1 aliphatic rings. The number of nitrogens with one attached hydrogen (secondary N) is 2. The zero-order valence-electron chi connectivity index (χ0n) is 10.7. The van der Waals surface area contributed by atoms with Crippen LogP contribution >= 0.6 is 0 Å². The molecule has 17 heavy (non-hydrogen) atoms. The third-order valence-electron chi connectivity index (χ3n) is 3.35. The first-order valence-corrected chi connectivity index (χ1v) is 6.65. The normalized spacial score (nSPS) is 17.0. The van der Waals surface area contributed by atoms with Crippen LogP contribution in [-0.2, 0) is 6.42 Å². The third-order valence-corrected chi connectivity index (χ3v) is 3.35. The van der Waals surface area contributed by atoms with E-state index in [1.165, 1.54) is 24.3 Å². The predicted octanol–water partition coefficient (Wildman–Crippen LogP) is 1.57. The maximum Gasteiger partial charge on any atom is 0.0373 e. The summed E-state index contributed by atoms with van der Waals surface area (Å²) in [6.45, 7) is 9.00. The van der Waals surface area contributed by atoms with Gasteiger partial charge in [-0.3, -0.25) is 4.90 Å². The van der Waals surface area contributed by atoms with Gasteiger partial charge < -0.3 is 10.6 Å². The summed E-state index contributed by atoms with van der Waals surface area (Å²) in [5, 5.41) is 6.93. The largest absolute Gasteiger partial charge is 0.384 e. The zero-order valence-corrected chi connectivity index (χ0v) is 10.7. The van der Waals surface area contributed by atoms with E-state index in [9.17, 15) is 0 Å². The van der Waals surface area contributed by atoms with Gasteiger partial charge in [0, 0.05) is 45.0 Å². The first-order chi connectivity index (χ1) is 8.40. The summed E-state index contributed by atoms with van der Waals surface area (Å²) in [5.74, 6) is 0. The predicted molar refractivity (Wildman–Crippen MR) is 73.6 cm³/mol. The van der Waals surface area contributed by atoms with E-state index in [-0.39, 0.29) is 0 Å². The Bertz CT molecular complexity index is 332. The van der Waals surface area contributed by atoms with E-state index in [4.69, 9.17) is 0 Å². The van der Waals surface area contributed by atoms with Gasteiger partial charge in [0.2, 0.25) is 0 Å². The van der Waals surface area contributed by atoms with Crippen molar-refractivity contribution in [2.45, 2.75) is 13.3 Å².